The van der Waals surface area contributed by atoms with Crippen molar-refractivity contribution in [2.24, 2.45) is 0 Å². The molecule has 2 heterocycles. The van der Waals surface area contributed by atoms with Gasteiger partial charge in [-0.25, -0.2) is 0 Å². The molecular weight excluding hydrogens is 272 g/mol. The third-order valence-electron chi connectivity index (χ3n) is 4.08. The summed E-state index contributed by atoms with van der Waals surface area (Å²) >= 11 is 6.26. The molecule has 4 heteroatoms. The third-order valence-corrected chi connectivity index (χ3v) is 4.38. The van der Waals surface area contributed by atoms with Crippen molar-refractivity contribution < 1.29 is 4.74 Å². The topological polar surface area (TPSA) is 26.2 Å². The number of aromatic nitrogens is 1. The van der Waals surface area contributed by atoms with Gasteiger partial charge < -0.3 is 14.6 Å². The van der Waals surface area contributed by atoms with E-state index in [1.165, 1.54) is 18.4 Å². The van der Waals surface area contributed by atoms with Crippen LogP contribution in [-0.4, -0.2) is 29.9 Å². The van der Waals surface area contributed by atoms with Crippen LogP contribution >= 0.6 is 11.6 Å². The molecule has 0 bridgehead atoms. The maximum Gasteiger partial charge on any atom is 0.0726 e. The van der Waals surface area contributed by atoms with Crippen molar-refractivity contribution in [1.29, 1.82) is 0 Å². The predicted octanol–water partition coefficient (Wildman–Crippen LogP) is 3.45. The molecule has 0 spiro atoms. The van der Waals surface area contributed by atoms with Crippen molar-refractivity contribution in [1.82, 2.24) is 9.88 Å². The van der Waals surface area contributed by atoms with Crippen LogP contribution in [0.15, 0.2) is 30.5 Å². The Morgan fingerprint density at radius 2 is 2.30 bits per heavy atom. The minimum Gasteiger partial charge on any atom is -0.377 e. The van der Waals surface area contributed by atoms with Gasteiger partial charge in [0, 0.05) is 42.8 Å². The quantitative estimate of drug-likeness (QED) is 0.913. The van der Waals surface area contributed by atoms with Gasteiger partial charge in [0.2, 0.25) is 0 Å². The summed E-state index contributed by atoms with van der Waals surface area (Å²) in [6.45, 7) is 4.96. The number of nitrogens with zero attached hydrogens (tertiary/aromatic N) is 1. The zero-order valence-electron chi connectivity index (χ0n) is 11.8. The minimum atomic E-state index is 0.375. The van der Waals surface area contributed by atoms with Crippen molar-refractivity contribution in [2.45, 2.75) is 38.5 Å². The van der Waals surface area contributed by atoms with E-state index in [1.54, 1.807) is 0 Å². The molecule has 2 atom stereocenters. The van der Waals surface area contributed by atoms with Gasteiger partial charge in [0.15, 0.2) is 0 Å². The highest BCUT2D eigenvalue weighted by Crippen LogP contribution is 2.25. The van der Waals surface area contributed by atoms with Crippen molar-refractivity contribution in [3.05, 3.63) is 35.5 Å². The number of halogens is 1. The van der Waals surface area contributed by atoms with Crippen LogP contribution in [0.5, 0.6) is 0 Å². The fourth-order valence-electron chi connectivity index (χ4n) is 2.93. The summed E-state index contributed by atoms with van der Waals surface area (Å²) in [6.07, 6.45) is 4.76. The van der Waals surface area contributed by atoms with Gasteiger partial charge in [-0.3, -0.25) is 0 Å². The summed E-state index contributed by atoms with van der Waals surface area (Å²) in [5.41, 5.74) is 1.20. The lowest BCUT2D eigenvalue weighted by Gasteiger charge is -2.20. The summed E-state index contributed by atoms with van der Waals surface area (Å²) < 4.78 is 7.92. The lowest BCUT2D eigenvalue weighted by atomic mass is 10.1. The average Bonchev–Trinajstić information content (AvgIpc) is 3.09. The Balaban J connectivity index is 1.60. The van der Waals surface area contributed by atoms with Gasteiger partial charge in [0.25, 0.3) is 0 Å². The van der Waals surface area contributed by atoms with E-state index in [-0.39, 0.29) is 0 Å². The molecule has 1 N–H and O–H groups in total. The number of benzene rings is 1. The molecule has 1 aliphatic heterocycles. The molecule has 0 saturated carbocycles. The molecule has 1 aromatic carbocycles. The maximum absolute atomic E-state index is 6.26. The lowest BCUT2D eigenvalue weighted by Crippen LogP contribution is -2.38. The van der Waals surface area contributed by atoms with Gasteiger partial charge in [-0.1, -0.05) is 29.8 Å². The van der Waals surface area contributed by atoms with Gasteiger partial charge >= 0.3 is 0 Å². The Labute approximate surface area is 124 Å². The van der Waals surface area contributed by atoms with Crippen molar-refractivity contribution in [3.63, 3.8) is 0 Å². The molecule has 3 nitrogen and oxygen atoms in total. The largest absolute Gasteiger partial charge is 0.377 e. The second-order valence-corrected chi connectivity index (χ2v) is 5.89. The van der Waals surface area contributed by atoms with E-state index in [0.29, 0.717) is 12.1 Å². The van der Waals surface area contributed by atoms with E-state index in [2.05, 4.69) is 35.0 Å². The van der Waals surface area contributed by atoms with E-state index in [4.69, 9.17) is 16.3 Å². The molecule has 1 fully saturated rings. The van der Waals surface area contributed by atoms with E-state index in [0.717, 1.165) is 30.1 Å². The first kappa shape index (κ1) is 13.9. The fraction of sp³-hybridized carbons (Fsp3) is 0.500. The molecule has 20 heavy (non-hydrogen) atoms. The SMILES string of the molecule is CC(NCCn1cc(Cl)c2ccccc21)C1CCCO1. The molecule has 0 radical (unpaired) electrons. The van der Waals surface area contributed by atoms with Gasteiger partial charge in [-0.05, 0) is 25.8 Å². The highest BCUT2D eigenvalue weighted by Gasteiger charge is 2.21. The van der Waals surface area contributed by atoms with E-state index in [9.17, 15) is 0 Å². The van der Waals surface area contributed by atoms with Gasteiger partial charge in [0.05, 0.1) is 11.1 Å². The van der Waals surface area contributed by atoms with E-state index < -0.39 is 0 Å². The zero-order valence-corrected chi connectivity index (χ0v) is 12.6. The first-order valence-corrected chi connectivity index (χ1v) is 7.72. The van der Waals surface area contributed by atoms with Crippen molar-refractivity contribution >= 4 is 22.5 Å². The first-order chi connectivity index (χ1) is 9.75. The summed E-state index contributed by atoms with van der Waals surface area (Å²) in [6, 6.07) is 8.67. The van der Waals surface area contributed by atoms with Crippen LogP contribution in [0.4, 0.5) is 0 Å². The van der Waals surface area contributed by atoms with Crippen LogP contribution in [0.3, 0.4) is 0 Å². The van der Waals surface area contributed by atoms with E-state index in [1.807, 2.05) is 12.3 Å². The molecule has 108 valence electrons. The number of ether oxygens (including phenoxy) is 1. The Morgan fingerprint density at radius 1 is 1.45 bits per heavy atom. The van der Waals surface area contributed by atoms with Crippen molar-refractivity contribution in [3.8, 4) is 0 Å². The third kappa shape index (κ3) is 2.85. The number of rotatable bonds is 5. The average molecular weight is 293 g/mol. The van der Waals surface area contributed by atoms with Gasteiger partial charge in [-0.15, -0.1) is 0 Å². The summed E-state index contributed by atoms with van der Waals surface area (Å²) in [5, 5.41) is 5.51. The molecule has 2 aromatic rings. The van der Waals surface area contributed by atoms with Crippen LogP contribution in [0.25, 0.3) is 10.9 Å². The molecule has 1 aliphatic rings. The summed E-state index contributed by atoms with van der Waals surface area (Å²) in [5.74, 6) is 0. The Kier molecular flexibility index (Phi) is 4.29. The molecule has 2 unspecified atom stereocenters. The highest BCUT2D eigenvalue weighted by molar-refractivity contribution is 6.35. The van der Waals surface area contributed by atoms with Crippen LogP contribution < -0.4 is 5.32 Å². The smallest absolute Gasteiger partial charge is 0.0726 e. The number of para-hydroxylation sites is 1. The van der Waals surface area contributed by atoms with Crippen LogP contribution in [-0.2, 0) is 11.3 Å². The second-order valence-electron chi connectivity index (χ2n) is 5.48. The highest BCUT2D eigenvalue weighted by atomic mass is 35.5. The molecule has 1 aromatic heterocycles. The van der Waals surface area contributed by atoms with Crippen LogP contribution in [0.1, 0.15) is 19.8 Å². The first-order valence-electron chi connectivity index (χ1n) is 7.34. The Hall–Kier alpha value is -1.03. The number of fused-ring (bicyclic) bond motifs is 1. The second kappa shape index (κ2) is 6.17. The molecular formula is C16H21ClN2O. The normalized spacial score (nSPS) is 20.6. The molecule has 1 saturated heterocycles. The maximum atomic E-state index is 6.26. The minimum absolute atomic E-state index is 0.375. The fourth-order valence-corrected chi connectivity index (χ4v) is 3.21. The predicted molar refractivity (Wildman–Crippen MR) is 83.4 cm³/mol. The molecule has 0 amide bonds. The Bertz CT molecular complexity index is 575. The van der Waals surface area contributed by atoms with Crippen LogP contribution in [0.2, 0.25) is 5.02 Å². The van der Waals surface area contributed by atoms with Gasteiger partial charge in [0.1, 0.15) is 0 Å². The van der Waals surface area contributed by atoms with Crippen LogP contribution in [0, 0.1) is 0 Å². The van der Waals surface area contributed by atoms with Gasteiger partial charge in [-0.2, -0.15) is 0 Å². The van der Waals surface area contributed by atoms with Crippen molar-refractivity contribution in [2.75, 3.05) is 13.2 Å². The number of hydrogen-bond donors (Lipinski definition) is 1. The summed E-state index contributed by atoms with van der Waals surface area (Å²) in [4.78, 5) is 0. The zero-order chi connectivity index (χ0) is 13.9. The standard InChI is InChI=1S/C16H21ClN2O/c1-12(16-7-4-10-20-16)18-8-9-19-11-14(17)13-5-2-3-6-15(13)19/h2-3,5-6,11-12,16,18H,4,7-10H2,1H3. The molecule has 0 aliphatic carbocycles. The number of nitrogens with one attached hydrogen (secondary N) is 1. The Morgan fingerprint density at radius 3 is 3.10 bits per heavy atom. The molecule has 3 rings (SSSR count). The summed E-state index contributed by atoms with van der Waals surface area (Å²) in [7, 11) is 0. The lowest BCUT2D eigenvalue weighted by molar-refractivity contribution is 0.0835. The number of hydrogen-bond acceptors (Lipinski definition) is 2. The van der Waals surface area contributed by atoms with E-state index >= 15 is 0 Å². The monoisotopic (exact) mass is 292 g/mol.